The molecule has 0 unspecified atom stereocenters. The van der Waals surface area contributed by atoms with Crippen LogP contribution in [0.15, 0.2) is 27.6 Å². The summed E-state index contributed by atoms with van der Waals surface area (Å²) in [5.41, 5.74) is 0.271. The number of sulfonamides is 1. The van der Waals surface area contributed by atoms with E-state index in [1.807, 2.05) is 0 Å². The predicted octanol–water partition coefficient (Wildman–Crippen LogP) is 1.53. The minimum atomic E-state index is -3.70. The van der Waals surface area contributed by atoms with Crippen LogP contribution in [-0.4, -0.2) is 55.5 Å². The zero-order valence-corrected chi connectivity index (χ0v) is 16.8. The number of aryl methyl sites for hydroxylation is 2. The third-order valence-electron chi connectivity index (χ3n) is 4.53. The van der Waals surface area contributed by atoms with E-state index in [0.29, 0.717) is 44.2 Å². The van der Waals surface area contributed by atoms with Crippen LogP contribution in [-0.2, 0) is 16.4 Å². The van der Waals surface area contributed by atoms with Crippen LogP contribution >= 0.6 is 0 Å². The Hall–Kier alpha value is -2.46. The lowest BCUT2D eigenvalue weighted by molar-refractivity contribution is 0.0952. The van der Waals surface area contributed by atoms with Crippen LogP contribution in [0.5, 0.6) is 5.75 Å². The normalized spacial score (nSPS) is 14.9. The summed E-state index contributed by atoms with van der Waals surface area (Å²) >= 11 is 0. The Labute approximate surface area is 164 Å². The van der Waals surface area contributed by atoms with Crippen molar-refractivity contribution in [3.63, 3.8) is 0 Å². The first kappa shape index (κ1) is 20.3. The first-order valence-corrected chi connectivity index (χ1v) is 10.6. The van der Waals surface area contributed by atoms with Gasteiger partial charge in [-0.25, -0.2) is 8.42 Å². The van der Waals surface area contributed by atoms with Gasteiger partial charge in [0.2, 0.25) is 15.9 Å². The SMILES string of the molecule is COc1ccc(C(=O)NCCCc2nc(C)no2)cc1S(=O)(=O)N1CCCC1. The molecule has 1 saturated heterocycles. The molecule has 0 bridgehead atoms. The topological polar surface area (TPSA) is 115 Å². The summed E-state index contributed by atoms with van der Waals surface area (Å²) in [5, 5.41) is 6.50. The average molecular weight is 408 g/mol. The molecule has 3 rings (SSSR count). The maximum absolute atomic E-state index is 12.9. The number of amides is 1. The van der Waals surface area contributed by atoms with E-state index in [1.165, 1.54) is 23.5 Å². The molecule has 1 aliphatic heterocycles. The van der Waals surface area contributed by atoms with E-state index in [-0.39, 0.29) is 22.1 Å². The van der Waals surface area contributed by atoms with Crippen LogP contribution in [0.25, 0.3) is 0 Å². The fraction of sp³-hybridized carbons (Fsp3) is 0.500. The van der Waals surface area contributed by atoms with Gasteiger partial charge in [-0.05, 0) is 44.4 Å². The number of methoxy groups -OCH3 is 1. The van der Waals surface area contributed by atoms with Crippen LogP contribution in [0.3, 0.4) is 0 Å². The molecule has 152 valence electrons. The molecule has 0 spiro atoms. The number of nitrogens with zero attached hydrogens (tertiary/aromatic N) is 3. The molecule has 1 N–H and O–H groups in total. The van der Waals surface area contributed by atoms with Crippen molar-refractivity contribution >= 4 is 15.9 Å². The lowest BCUT2D eigenvalue weighted by Crippen LogP contribution is -2.29. The average Bonchev–Trinajstić information content (AvgIpc) is 3.36. The van der Waals surface area contributed by atoms with Gasteiger partial charge >= 0.3 is 0 Å². The molecule has 0 saturated carbocycles. The van der Waals surface area contributed by atoms with Crippen LogP contribution in [0.2, 0.25) is 0 Å². The van der Waals surface area contributed by atoms with E-state index in [0.717, 1.165) is 12.8 Å². The lowest BCUT2D eigenvalue weighted by Gasteiger charge is -2.18. The number of hydrogen-bond acceptors (Lipinski definition) is 7. The van der Waals surface area contributed by atoms with E-state index in [4.69, 9.17) is 9.26 Å². The van der Waals surface area contributed by atoms with Crippen molar-refractivity contribution in [2.45, 2.75) is 37.5 Å². The maximum Gasteiger partial charge on any atom is 0.251 e. The van der Waals surface area contributed by atoms with Crippen molar-refractivity contribution in [1.82, 2.24) is 19.8 Å². The zero-order valence-electron chi connectivity index (χ0n) is 16.0. The first-order valence-electron chi connectivity index (χ1n) is 9.17. The Morgan fingerprint density at radius 3 is 2.71 bits per heavy atom. The van der Waals surface area contributed by atoms with Crippen molar-refractivity contribution in [3.05, 3.63) is 35.5 Å². The van der Waals surface area contributed by atoms with Gasteiger partial charge in [0.1, 0.15) is 10.6 Å². The summed E-state index contributed by atoms with van der Waals surface area (Å²) < 4.78 is 37.5. The van der Waals surface area contributed by atoms with Gasteiger partial charge in [-0.3, -0.25) is 4.79 Å². The van der Waals surface area contributed by atoms with Gasteiger partial charge in [-0.1, -0.05) is 5.16 Å². The lowest BCUT2D eigenvalue weighted by atomic mass is 10.2. The third kappa shape index (κ3) is 4.50. The number of carbonyl (C=O) groups is 1. The molecule has 1 aromatic carbocycles. The second-order valence-corrected chi connectivity index (χ2v) is 8.48. The second kappa shape index (κ2) is 8.70. The van der Waals surface area contributed by atoms with Crippen molar-refractivity contribution in [3.8, 4) is 5.75 Å². The molecule has 1 fully saturated rings. The van der Waals surface area contributed by atoms with Crippen molar-refractivity contribution in [2.75, 3.05) is 26.7 Å². The van der Waals surface area contributed by atoms with Gasteiger partial charge in [0.05, 0.1) is 7.11 Å². The molecule has 10 heteroatoms. The van der Waals surface area contributed by atoms with E-state index in [2.05, 4.69) is 15.5 Å². The van der Waals surface area contributed by atoms with E-state index in [9.17, 15) is 13.2 Å². The van der Waals surface area contributed by atoms with Gasteiger partial charge in [0, 0.05) is 31.6 Å². The first-order chi connectivity index (χ1) is 13.4. The largest absolute Gasteiger partial charge is 0.495 e. The van der Waals surface area contributed by atoms with Crippen molar-refractivity contribution in [2.24, 2.45) is 0 Å². The Bertz CT molecular complexity index is 935. The number of ether oxygens (including phenoxy) is 1. The smallest absolute Gasteiger partial charge is 0.251 e. The highest BCUT2D eigenvalue weighted by atomic mass is 32.2. The molecule has 9 nitrogen and oxygen atoms in total. The molecule has 0 aliphatic carbocycles. The molecular formula is C18H24N4O5S. The van der Waals surface area contributed by atoms with Crippen LogP contribution in [0, 0.1) is 6.92 Å². The van der Waals surface area contributed by atoms with E-state index in [1.54, 1.807) is 13.0 Å². The standard InChI is InChI=1S/C18H24N4O5S/c1-13-20-17(27-21-13)6-5-9-19-18(23)14-7-8-15(26-2)16(12-14)28(24,25)22-10-3-4-11-22/h7-8,12H,3-6,9-11H2,1-2H3,(H,19,23). The predicted molar refractivity (Wildman–Crippen MR) is 101 cm³/mol. The summed E-state index contributed by atoms with van der Waals surface area (Å²) in [6, 6.07) is 4.45. The van der Waals surface area contributed by atoms with Crippen LogP contribution in [0.4, 0.5) is 0 Å². The third-order valence-corrected chi connectivity index (χ3v) is 6.45. The molecule has 1 amide bonds. The summed E-state index contributed by atoms with van der Waals surface area (Å²) in [6.45, 7) is 3.11. The monoisotopic (exact) mass is 408 g/mol. The summed E-state index contributed by atoms with van der Waals surface area (Å²) in [7, 11) is -2.28. The number of nitrogens with one attached hydrogen (secondary N) is 1. The summed E-state index contributed by atoms with van der Waals surface area (Å²) in [6.07, 6.45) is 2.85. The molecule has 28 heavy (non-hydrogen) atoms. The van der Waals surface area contributed by atoms with E-state index >= 15 is 0 Å². The fourth-order valence-electron chi connectivity index (χ4n) is 3.07. The van der Waals surface area contributed by atoms with Gasteiger partial charge in [0.15, 0.2) is 5.82 Å². The number of aromatic nitrogens is 2. The quantitative estimate of drug-likeness (QED) is 0.659. The number of benzene rings is 1. The highest BCUT2D eigenvalue weighted by molar-refractivity contribution is 7.89. The Balaban J connectivity index is 1.67. The molecule has 2 aromatic rings. The van der Waals surface area contributed by atoms with Gasteiger partial charge < -0.3 is 14.6 Å². The van der Waals surface area contributed by atoms with Gasteiger partial charge in [-0.15, -0.1) is 0 Å². The number of carbonyl (C=O) groups excluding carboxylic acids is 1. The van der Waals surface area contributed by atoms with Crippen LogP contribution < -0.4 is 10.1 Å². The Kier molecular flexibility index (Phi) is 6.30. The molecule has 1 aromatic heterocycles. The van der Waals surface area contributed by atoms with Gasteiger partial charge in [0.25, 0.3) is 5.91 Å². The van der Waals surface area contributed by atoms with E-state index < -0.39 is 10.0 Å². The highest BCUT2D eigenvalue weighted by Gasteiger charge is 2.30. The summed E-state index contributed by atoms with van der Waals surface area (Å²) in [4.78, 5) is 16.6. The maximum atomic E-state index is 12.9. The second-order valence-electron chi connectivity index (χ2n) is 6.57. The molecule has 2 heterocycles. The number of rotatable bonds is 8. The van der Waals surface area contributed by atoms with Gasteiger partial charge in [-0.2, -0.15) is 9.29 Å². The summed E-state index contributed by atoms with van der Waals surface area (Å²) in [5.74, 6) is 0.983. The van der Waals surface area contributed by atoms with Crippen LogP contribution in [0.1, 0.15) is 41.3 Å². The Morgan fingerprint density at radius 1 is 1.32 bits per heavy atom. The molecule has 0 radical (unpaired) electrons. The number of hydrogen-bond donors (Lipinski definition) is 1. The minimum absolute atomic E-state index is 0.0193. The Morgan fingerprint density at radius 2 is 2.07 bits per heavy atom. The molecule has 1 aliphatic rings. The fourth-order valence-corrected chi connectivity index (χ4v) is 4.77. The highest BCUT2D eigenvalue weighted by Crippen LogP contribution is 2.29. The zero-order chi connectivity index (χ0) is 20.1. The molecule has 0 atom stereocenters. The minimum Gasteiger partial charge on any atom is -0.495 e. The van der Waals surface area contributed by atoms with Crippen molar-refractivity contribution < 1.29 is 22.5 Å². The molecular weight excluding hydrogens is 384 g/mol. The van der Waals surface area contributed by atoms with Crippen molar-refractivity contribution in [1.29, 1.82) is 0 Å².